The van der Waals surface area contributed by atoms with Crippen molar-refractivity contribution in [3.63, 3.8) is 0 Å². The monoisotopic (exact) mass is 231 g/mol. The second-order valence-corrected chi connectivity index (χ2v) is 5.40. The highest BCUT2D eigenvalue weighted by molar-refractivity contribution is 5.33. The Kier molecular flexibility index (Phi) is 4.22. The van der Waals surface area contributed by atoms with E-state index in [0.717, 1.165) is 5.92 Å². The first kappa shape index (κ1) is 12.6. The van der Waals surface area contributed by atoms with E-state index in [4.69, 9.17) is 0 Å². The van der Waals surface area contributed by atoms with Crippen molar-refractivity contribution in [2.75, 3.05) is 7.05 Å². The molecule has 1 nitrogen and oxygen atoms in total. The number of benzene rings is 1. The van der Waals surface area contributed by atoms with Crippen LogP contribution in [0.4, 0.5) is 0 Å². The van der Waals surface area contributed by atoms with Crippen LogP contribution in [0.5, 0.6) is 0 Å². The molecule has 0 bridgehead atoms. The maximum atomic E-state index is 3.56. The molecular formula is C16H25N. The normalized spacial score (nSPS) is 22.9. The standard InChI is InChI=1S/C16H25N/c1-4-12(2)16(17-3)15-11-7-9-13-8-5-6-10-14(13)15/h5-6,8,10,12,15-17H,4,7,9,11H2,1-3H3. The van der Waals surface area contributed by atoms with Gasteiger partial charge in [0.2, 0.25) is 0 Å². The summed E-state index contributed by atoms with van der Waals surface area (Å²) in [5.74, 6) is 1.45. The topological polar surface area (TPSA) is 12.0 Å². The Bertz CT molecular complexity index is 358. The van der Waals surface area contributed by atoms with Crippen LogP contribution in [0.2, 0.25) is 0 Å². The average Bonchev–Trinajstić information content (AvgIpc) is 2.39. The lowest BCUT2D eigenvalue weighted by molar-refractivity contribution is 0.311. The van der Waals surface area contributed by atoms with E-state index in [1.807, 2.05) is 0 Å². The van der Waals surface area contributed by atoms with E-state index in [1.54, 1.807) is 11.1 Å². The van der Waals surface area contributed by atoms with Crippen molar-refractivity contribution in [1.82, 2.24) is 5.32 Å². The number of hydrogen-bond acceptors (Lipinski definition) is 1. The van der Waals surface area contributed by atoms with Crippen molar-refractivity contribution in [2.24, 2.45) is 5.92 Å². The second kappa shape index (κ2) is 5.68. The van der Waals surface area contributed by atoms with Crippen molar-refractivity contribution >= 4 is 0 Å². The van der Waals surface area contributed by atoms with Crippen LogP contribution in [0.1, 0.15) is 50.2 Å². The van der Waals surface area contributed by atoms with Gasteiger partial charge in [0.15, 0.2) is 0 Å². The van der Waals surface area contributed by atoms with Gasteiger partial charge < -0.3 is 5.32 Å². The fraction of sp³-hybridized carbons (Fsp3) is 0.625. The van der Waals surface area contributed by atoms with E-state index in [1.165, 1.54) is 25.7 Å². The molecule has 0 saturated heterocycles. The van der Waals surface area contributed by atoms with E-state index in [2.05, 4.69) is 50.5 Å². The minimum absolute atomic E-state index is 0.626. The van der Waals surface area contributed by atoms with Gasteiger partial charge in [0.1, 0.15) is 0 Å². The Morgan fingerprint density at radius 3 is 2.82 bits per heavy atom. The van der Waals surface area contributed by atoms with Crippen molar-refractivity contribution in [2.45, 2.75) is 51.5 Å². The summed E-state index contributed by atoms with van der Waals surface area (Å²) in [5.41, 5.74) is 3.17. The Hall–Kier alpha value is -0.820. The average molecular weight is 231 g/mol. The zero-order chi connectivity index (χ0) is 12.3. The highest BCUT2D eigenvalue weighted by Crippen LogP contribution is 2.36. The molecule has 3 atom stereocenters. The third kappa shape index (κ3) is 2.55. The summed E-state index contributed by atoms with van der Waals surface area (Å²) in [5, 5.41) is 3.56. The van der Waals surface area contributed by atoms with Crippen molar-refractivity contribution in [3.05, 3.63) is 35.4 Å². The molecule has 17 heavy (non-hydrogen) atoms. The number of nitrogens with one attached hydrogen (secondary N) is 1. The van der Waals surface area contributed by atoms with Gasteiger partial charge in [-0.05, 0) is 49.3 Å². The van der Waals surface area contributed by atoms with Crippen molar-refractivity contribution in [1.29, 1.82) is 0 Å². The number of fused-ring (bicyclic) bond motifs is 1. The molecule has 0 heterocycles. The summed E-state index contributed by atoms with van der Waals surface area (Å²) in [6.07, 6.45) is 5.21. The molecule has 2 rings (SSSR count). The summed E-state index contributed by atoms with van der Waals surface area (Å²) in [6, 6.07) is 9.65. The summed E-state index contributed by atoms with van der Waals surface area (Å²) in [7, 11) is 2.12. The lowest BCUT2D eigenvalue weighted by Gasteiger charge is -2.35. The summed E-state index contributed by atoms with van der Waals surface area (Å²) >= 11 is 0. The number of aryl methyl sites for hydroxylation is 1. The van der Waals surface area contributed by atoms with Crippen molar-refractivity contribution in [3.8, 4) is 0 Å². The Labute approximate surface area is 106 Å². The molecule has 0 saturated carbocycles. The van der Waals surface area contributed by atoms with Crippen LogP contribution in [0.15, 0.2) is 24.3 Å². The summed E-state index contributed by atoms with van der Waals surface area (Å²) < 4.78 is 0. The first-order chi connectivity index (χ1) is 8.27. The molecule has 0 fully saturated rings. The minimum atomic E-state index is 0.626. The van der Waals surface area contributed by atoms with Gasteiger partial charge in [0.05, 0.1) is 0 Å². The first-order valence-electron chi connectivity index (χ1n) is 7.03. The van der Waals surface area contributed by atoms with E-state index < -0.39 is 0 Å². The molecule has 0 amide bonds. The largest absolute Gasteiger partial charge is 0.316 e. The maximum absolute atomic E-state index is 3.56. The third-order valence-electron chi connectivity index (χ3n) is 4.44. The summed E-state index contributed by atoms with van der Waals surface area (Å²) in [4.78, 5) is 0. The SMILES string of the molecule is CCC(C)C(NC)C1CCCc2ccccc21. The van der Waals surface area contributed by atoms with Crippen LogP contribution in [-0.4, -0.2) is 13.1 Å². The zero-order valence-electron chi connectivity index (χ0n) is 11.4. The van der Waals surface area contributed by atoms with Crippen LogP contribution < -0.4 is 5.32 Å². The summed E-state index contributed by atoms with van der Waals surface area (Å²) in [6.45, 7) is 4.67. The second-order valence-electron chi connectivity index (χ2n) is 5.40. The van der Waals surface area contributed by atoms with Crippen LogP contribution in [-0.2, 0) is 6.42 Å². The van der Waals surface area contributed by atoms with E-state index >= 15 is 0 Å². The highest BCUT2D eigenvalue weighted by Gasteiger charge is 2.29. The van der Waals surface area contributed by atoms with Gasteiger partial charge in [0, 0.05) is 6.04 Å². The quantitative estimate of drug-likeness (QED) is 0.832. The highest BCUT2D eigenvalue weighted by atomic mass is 14.9. The van der Waals surface area contributed by atoms with Gasteiger partial charge in [0.25, 0.3) is 0 Å². The maximum Gasteiger partial charge on any atom is 0.0158 e. The fourth-order valence-electron chi connectivity index (χ4n) is 3.30. The zero-order valence-corrected chi connectivity index (χ0v) is 11.4. The van der Waals surface area contributed by atoms with Crippen LogP contribution in [0.3, 0.4) is 0 Å². The van der Waals surface area contributed by atoms with Crippen LogP contribution in [0.25, 0.3) is 0 Å². The molecule has 3 unspecified atom stereocenters. The molecule has 94 valence electrons. The molecule has 1 heteroatoms. The Morgan fingerprint density at radius 2 is 2.12 bits per heavy atom. The van der Waals surface area contributed by atoms with Gasteiger partial charge in [-0.1, -0.05) is 44.5 Å². The number of hydrogen-bond donors (Lipinski definition) is 1. The molecule has 1 aliphatic carbocycles. The number of likely N-dealkylation sites (N-methyl/N-ethyl adjacent to an activating group) is 1. The first-order valence-corrected chi connectivity index (χ1v) is 7.03. The molecule has 0 aliphatic heterocycles. The van der Waals surface area contributed by atoms with Gasteiger partial charge in [-0.3, -0.25) is 0 Å². The van der Waals surface area contributed by atoms with Crippen molar-refractivity contribution < 1.29 is 0 Å². The minimum Gasteiger partial charge on any atom is -0.316 e. The Balaban J connectivity index is 2.27. The molecule has 0 aromatic heterocycles. The Morgan fingerprint density at radius 1 is 1.35 bits per heavy atom. The third-order valence-corrected chi connectivity index (χ3v) is 4.44. The van der Waals surface area contributed by atoms with Gasteiger partial charge >= 0.3 is 0 Å². The van der Waals surface area contributed by atoms with E-state index in [9.17, 15) is 0 Å². The molecule has 0 spiro atoms. The number of rotatable bonds is 4. The smallest absolute Gasteiger partial charge is 0.0158 e. The molecular weight excluding hydrogens is 206 g/mol. The molecule has 1 N–H and O–H groups in total. The van der Waals surface area contributed by atoms with Gasteiger partial charge in [-0.25, -0.2) is 0 Å². The molecule has 1 aromatic rings. The van der Waals surface area contributed by atoms with E-state index in [0.29, 0.717) is 12.0 Å². The van der Waals surface area contributed by atoms with Gasteiger partial charge in [-0.15, -0.1) is 0 Å². The molecule has 0 radical (unpaired) electrons. The predicted octanol–water partition coefficient (Wildman–Crippen LogP) is 3.74. The molecule has 1 aliphatic rings. The van der Waals surface area contributed by atoms with Crippen LogP contribution in [0, 0.1) is 5.92 Å². The van der Waals surface area contributed by atoms with E-state index in [-0.39, 0.29) is 0 Å². The lowest BCUT2D eigenvalue weighted by atomic mass is 9.75. The van der Waals surface area contributed by atoms with Gasteiger partial charge in [-0.2, -0.15) is 0 Å². The fourth-order valence-corrected chi connectivity index (χ4v) is 3.30. The lowest BCUT2D eigenvalue weighted by Crippen LogP contribution is -2.39. The van der Waals surface area contributed by atoms with Crippen LogP contribution >= 0.6 is 0 Å². The molecule has 1 aromatic carbocycles. The predicted molar refractivity (Wildman–Crippen MR) is 74.4 cm³/mol.